The molecule has 0 bridgehead atoms. The number of amides is 2. The van der Waals surface area contributed by atoms with E-state index in [9.17, 15) is 18.4 Å². The first-order valence-corrected chi connectivity index (χ1v) is 9.66. The standard InChI is InChI=1S/C13H23NO2.C8H7F2NO/c1-9-11-7-5-6-10(11)8-14(9)12(15)16-13(2,3)4;1-11(5-12)8-3-2-6(9)4-7(8)10/h9-11H,5-8H2,1-4H3;2-5H,1H3. The molecule has 28 heavy (non-hydrogen) atoms. The average molecular weight is 396 g/mol. The Morgan fingerprint density at radius 3 is 2.50 bits per heavy atom. The van der Waals surface area contributed by atoms with Crippen LogP contribution in [-0.2, 0) is 9.53 Å². The zero-order chi connectivity index (χ0) is 21.1. The first kappa shape index (κ1) is 22.1. The quantitative estimate of drug-likeness (QED) is 0.687. The lowest BCUT2D eigenvalue weighted by Gasteiger charge is -2.28. The molecule has 1 aromatic carbocycles. The Morgan fingerprint density at radius 1 is 1.29 bits per heavy atom. The molecule has 5 nitrogen and oxygen atoms in total. The van der Waals surface area contributed by atoms with E-state index in [0.717, 1.165) is 29.5 Å². The van der Waals surface area contributed by atoms with Crippen LogP contribution in [0.4, 0.5) is 19.3 Å². The molecule has 1 aliphatic heterocycles. The molecular weight excluding hydrogens is 366 g/mol. The van der Waals surface area contributed by atoms with Gasteiger partial charge in [0.2, 0.25) is 6.41 Å². The second kappa shape index (κ2) is 8.88. The number of hydrogen-bond donors (Lipinski definition) is 0. The Bertz CT molecular complexity index is 705. The summed E-state index contributed by atoms with van der Waals surface area (Å²) in [6, 6.07) is 3.40. The molecule has 3 atom stereocenters. The number of benzene rings is 1. The van der Waals surface area contributed by atoms with Gasteiger partial charge in [0, 0.05) is 25.7 Å². The van der Waals surface area contributed by atoms with Crippen molar-refractivity contribution < 1.29 is 23.1 Å². The third-order valence-corrected chi connectivity index (χ3v) is 5.34. The monoisotopic (exact) mass is 396 g/mol. The molecule has 3 unspecified atom stereocenters. The number of hydrogen-bond acceptors (Lipinski definition) is 3. The van der Waals surface area contributed by atoms with Crippen LogP contribution in [-0.4, -0.2) is 42.6 Å². The zero-order valence-electron chi connectivity index (χ0n) is 17.2. The van der Waals surface area contributed by atoms with Gasteiger partial charge in [-0.2, -0.15) is 0 Å². The summed E-state index contributed by atoms with van der Waals surface area (Å²) in [6.45, 7) is 8.84. The Morgan fingerprint density at radius 2 is 1.96 bits per heavy atom. The van der Waals surface area contributed by atoms with Gasteiger partial charge < -0.3 is 14.5 Å². The van der Waals surface area contributed by atoms with Crippen molar-refractivity contribution >= 4 is 18.2 Å². The SMILES string of the molecule is CC1C2CCCC2CN1C(=O)OC(C)(C)C.CN(C=O)c1ccc(F)cc1F. The van der Waals surface area contributed by atoms with Gasteiger partial charge in [-0.15, -0.1) is 0 Å². The van der Waals surface area contributed by atoms with Gasteiger partial charge in [0.25, 0.3) is 0 Å². The summed E-state index contributed by atoms with van der Waals surface area (Å²) in [5, 5.41) is 0. The van der Waals surface area contributed by atoms with Gasteiger partial charge in [0.15, 0.2) is 0 Å². The maximum absolute atomic E-state index is 12.8. The fourth-order valence-electron chi connectivity index (χ4n) is 3.96. The number of rotatable bonds is 2. The summed E-state index contributed by atoms with van der Waals surface area (Å²) in [4.78, 5) is 25.2. The third-order valence-electron chi connectivity index (χ3n) is 5.34. The molecule has 2 aliphatic rings. The Labute approximate surface area is 165 Å². The summed E-state index contributed by atoms with van der Waals surface area (Å²) in [6.07, 6.45) is 4.23. The number of carbonyl (C=O) groups excluding carboxylic acids is 2. The van der Waals surface area contributed by atoms with Crippen molar-refractivity contribution in [1.29, 1.82) is 0 Å². The molecule has 156 valence electrons. The fraction of sp³-hybridized carbons (Fsp3) is 0.619. The van der Waals surface area contributed by atoms with E-state index in [0.29, 0.717) is 18.4 Å². The van der Waals surface area contributed by atoms with E-state index in [-0.39, 0.29) is 17.4 Å². The lowest BCUT2D eigenvalue weighted by atomic mass is 9.95. The summed E-state index contributed by atoms with van der Waals surface area (Å²) in [5.41, 5.74) is -0.319. The molecule has 1 saturated carbocycles. The van der Waals surface area contributed by atoms with Crippen molar-refractivity contribution in [3.05, 3.63) is 29.8 Å². The van der Waals surface area contributed by atoms with E-state index in [1.165, 1.54) is 32.4 Å². The van der Waals surface area contributed by atoms with Crippen LogP contribution < -0.4 is 4.90 Å². The Hall–Kier alpha value is -2.18. The predicted molar refractivity (Wildman–Crippen MR) is 104 cm³/mol. The molecule has 0 N–H and O–H groups in total. The van der Waals surface area contributed by atoms with Crippen LogP contribution >= 0.6 is 0 Å². The minimum Gasteiger partial charge on any atom is -0.444 e. The van der Waals surface area contributed by atoms with E-state index in [4.69, 9.17) is 4.74 Å². The molecule has 7 heteroatoms. The Kier molecular flexibility index (Phi) is 7.01. The van der Waals surface area contributed by atoms with Crippen LogP contribution in [0.2, 0.25) is 0 Å². The van der Waals surface area contributed by atoms with E-state index in [2.05, 4.69) is 6.92 Å². The highest BCUT2D eigenvalue weighted by Gasteiger charge is 2.44. The third kappa shape index (κ3) is 5.42. The van der Waals surface area contributed by atoms with Crippen LogP contribution in [0, 0.1) is 23.5 Å². The summed E-state index contributed by atoms with van der Waals surface area (Å²) in [7, 11) is 1.39. The first-order chi connectivity index (χ1) is 13.0. The van der Waals surface area contributed by atoms with Crippen molar-refractivity contribution in [3.63, 3.8) is 0 Å². The van der Waals surface area contributed by atoms with Crippen LogP contribution in [0.5, 0.6) is 0 Å². The van der Waals surface area contributed by atoms with Crippen molar-refractivity contribution in [2.45, 2.75) is 58.6 Å². The van der Waals surface area contributed by atoms with Gasteiger partial charge in [0.1, 0.15) is 17.2 Å². The van der Waals surface area contributed by atoms with Gasteiger partial charge in [-0.25, -0.2) is 13.6 Å². The summed E-state index contributed by atoms with van der Waals surface area (Å²) < 4.78 is 30.7. The normalized spacial score (nSPS) is 23.5. The second-order valence-electron chi connectivity index (χ2n) is 8.54. The molecule has 2 amide bonds. The summed E-state index contributed by atoms with van der Waals surface area (Å²) >= 11 is 0. The van der Waals surface area contributed by atoms with Crippen molar-refractivity contribution in [1.82, 2.24) is 4.90 Å². The average Bonchev–Trinajstić information content (AvgIpc) is 3.16. The molecule has 1 heterocycles. The number of carbonyl (C=O) groups is 2. The molecule has 1 aliphatic carbocycles. The number of halogens is 2. The van der Waals surface area contributed by atoms with Gasteiger partial charge >= 0.3 is 6.09 Å². The lowest BCUT2D eigenvalue weighted by Crippen LogP contribution is -2.40. The van der Waals surface area contributed by atoms with Crippen molar-refractivity contribution in [2.75, 3.05) is 18.5 Å². The molecule has 0 aromatic heterocycles. The van der Waals surface area contributed by atoms with E-state index in [1.807, 2.05) is 25.7 Å². The van der Waals surface area contributed by atoms with E-state index >= 15 is 0 Å². The van der Waals surface area contributed by atoms with Crippen LogP contribution in [0.3, 0.4) is 0 Å². The van der Waals surface area contributed by atoms with Gasteiger partial charge in [-0.3, -0.25) is 4.79 Å². The Balaban J connectivity index is 0.000000209. The predicted octanol–water partition coefficient (Wildman–Crippen LogP) is 4.60. The van der Waals surface area contributed by atoms with Crippen molar-refractivity contribution in [3.8, 4) is 0 Å². The minimum absolute atomic E-state index is 0.0615. The molecule has 1 saturated heterocycles. The topological polar surface area (TPSA) is 49.9 Å². The molecule has 0 radical (unpaired) electrons. The number of likely N-dealkylation sites (tertiary alicyclic amines) is 1. The lowest BCUT2D eigenvalue weighted by molar-refractivity contribution is -0.107. The number of fused-ring (bicyclic) bond motifs is 1. The largest absolute Gasteiger partial charge is 0.444 e. The van der Waals surface area contributed by atoms with Crippen LogP contribution in [0.25, 0.3) is 0 Å². The van der Waals surface area contributed by atoms with E-state index in [1.54, 1.807) is 0 Å². The molecular formula is C21H30F2N2O3. The highest BCUT2D eigenvalue weighted by molar-refractivity contribution is 5.74. The van der Waals surface area contributed by atoms with Gasteiger partial charge in [-0.05, 0) is 64.5 Å². The van der Waals surface area contributed by atoms with Gasteiger partial charge in [-0.1, -0.05) is 6.42 Å². The molecule has 0 spiro atoms. The maximum atomic E-state index is 12.8. The van der Waals surface area contributed by atoms with Crippen LogP contribution in [0.15, 0.2) is 18.2 Å². The van der Waals surface area contributed by atoms with Crippen LogP contribution in [0.1, 0.15) is 47.0 Å². The smallest absolute Gasteiger partial charge is 0.410 e. The van der Waals surface area contributed by atoms with Gasteiger partial charge in [0.05, 0.1) is 5.69 Å². The zero-order valence-corrected chi connectivity index (χ0v) is 17.2. The highest BCUT2D eigenvalue weighted by atomic mass is 19.1. The molecule has 1 aromatic rings. The maximum Gasteiger partial charge on any atom is 0.410 e. The van der Waals surface area contributed by atoms with E-state index < -0.39 is 11.6 Å². The molecule has 3 rings (SSSR count). The summed E-state index contributed by atoms with van der Waals surface area (Å²) in [5.74, 6) is 0.0372. The number of anilines is 1. The minimum atomic E-state index is -0.746. The fourth-order valence-corrected chi connectivity index (χ4v) is 3.96. The second-order valence-corrected chi connectivity index (χ2v) is 8.54. The first-order valence-electron chi connectivity index (χ1n) is 9.66. The number of nitrogens with zero attached hydrogens (tertiary/aromatic N) is 2. The number of ether oxygens (including phenoxy) is 1. The molecule has 2 fully saturated rings. The highest BCUT2D eigenvalue weighted by Crippen LogP contribution is 2.42. The van der Waals surface area contributed by atoms with Crippen molar-refractivity contribution in [2.24, 2.45) is 11.8 Å².